The lowest BCUT2D eigenvalue weighted by molar-refractivity contribution is -0.137. The van der Waals surface area contributed by atoms with Gasteiger partial charge in [-0.15, -0.1) is 23.1 Å². The van der Waals surface area contributed by atoms with Crippen LogP contribution in [0.5, 0.6) is 0 Å². The van der Waals surface area contributed by atoms with Crippen molar-refractivity contribution in [3.8, 4) is 0 Å². The van der Waals surface area contributed by atoms with E-state index in [1.54, 1.807) is 28.8 Å². The number of thioether (sulfide) groups is 1. The minimum absolute atomic E-state index is 0.112. The van der Waals surface area contributed by atoms with Crippen LogP contribution in [0.1, 0.15) is 21.5 Å². The molecule has 0 saturated heterocycles. The molecule has 2 aromatic rings. The van der Waals surface area contributed by atoms with E-state index in [0.717, 1.165) is 22.1 Å². The molecule has 0 bridgehead atoms. The Balaban J connectivity index is 1.83. The van der Waals surface area contributed by atoms with Gasteiger partial charge in [0.2, 0.25) is 0 Å². The summed E-state index contributed by atoms with van der Waals surface area (Å²) in [5, 5.41) is 1.86. The molecule has 1 aliphatic heterocycles. The first-order valence-corrected chi connectivity index (χ1v) is 8.47. The fraction of sp³-hybridized carbons (Fsp3) is 0.267. The van der Waals surface area contributed by atoms with Crippen molar-refractivity contribution >= 4 is 29.0 Å². The van der Waals surface area contributed by atoms with Gasteiger partial charge in [-0.1, -0.05) is 12.1 Å². The van der Waals surface area contributed by atoms with E-state index in [1.807, 2.05) is 5.38 Å². The molecule has 1 aromatic carbocycles. The third-order valence-electron chi connectivity index (χ3n) is 3.37. The molecule has 116 valence electrons. The number of thiophene rings is 1. The van der Waals surface area contributed by atoms with Crippen LogP contribution in [0.4, 0.5) is 13.2 Å². The molecule has 0 unspecified atom stereocenters. The molecule has 1 amide bonds. The van der Waals surface area contributed by atoms with Gasteiger partial charge in [-0.2, -0.15) is 13.2 Å². The van der Waals surface area contributed by atoms with Gasteiger partial charge in [-0.25, -0.2) is 0 Å². The zero-order valence-corrected chi connectivity index (χ0v) is 13.0. The molecule has 0 aliphatic carbocycles. The van der Waals surface area contributed by atoms with Crippen LogP contribution >= 0.6 is 23.1 Å². The highest BCUT2D eigenvalue weighted by atomic mass is 32.2. The van der Waals surface area contributed by atoms with Gasteiger partial charge in [0, 0.05) is 18.8 Å². The van der Waals surface area contributed by atoms with Crippen LogP contribution in [0.3, 0.4) is 0 Å². The average molecular weight is 343 g/mol. The molecular weight excluding hydrogens is 331 g/mol. The summed E-state index contributed by atoms with van der Waals surface area (Å²) in [5.74, 6) is 0.636. The van der Waals surface area contributed by atoms with Gasteiger partial charge in [0.1, 0.15) is 0 Å². The Morgan fingerprint density at radius 1 is 1.23 bits per heavy atom. The normalized spacial score (nSPS) is 15.6. The Bertz CT molecular complexity index is 696. The van der Waals surface area contributed by atoms with E-state index in [-0.39, 0.29) is 12.5 Å². The molecule has 0 fully saturated rings. The van der Waals surface area contributed by atoms with Crippen LogP contribution in [-0.2, 0) is 12.7 Å². The summed E-state index contributed by atoms with van der Waals surface area (Å²) >= 11 is 3.14. The summed E-state index contributed by atoms with van der Waals surface area (Å²) in [7, 11) is 0. The average Bonchev–Trinajstić information content (AvgIpc) is 2.88. The van der Waals surface area contributed by atoms with E-state index in [9.17, 15) is 18.0 Å². The van der Waals surface area contributed by atoms with Crippen molar-refractivity contribution < 1.29 is 18.0 Å². The summed E-state index contributed by atoms with van der Waals surface area (Å²) in [6.07, 6.45) is -4.37. The Morgan fingerprint density at radius 2 is 2.05 bits per heavy atom. The number of carbonyl (C=O) groups excluding carboxylic acids is 1. The second-order valence-corrected chi connectivity index (χ2v) is 7.17. The van der Waals surface area contributed by atoms with E-state index >= 15 is 0 Å². The van der Waals surface area contributed by atoms with Crippen LogP contribution in [0, 0.1) is 0 Å². The molecule has 1 aromatic heterocycles. The van der Waals surface area contributed by atoms with Gasteiger partial charge < -0.3 is 4.90 Å². The minimum Gasteiger partial charge on any atom is -0.333 e. The fourth-order valence-corrected chi connectivity index (χ4v) is 4.41. The van der Waals surface area contributed by atoms with Crippen molar-refractivity contribution in [3.05, 3.63) is 52.4 Å². The Kier molecular flexibility index (Phi) is 4.18. The van der Waals surface area contributed by atoms with Crippen molar-refractivity contribution in [2.24, 2.45) is 0 Å². The monoisotopic (exact) mass is 343 g/mol. The SMILES string of the molecule is O=C1c2ccsc2SCCN1Cc1cccc(C(F)(F)F)c1. The summed E-state index contributed by atoms with van der Waals surface area (Å²) < 4.78 is 39.3. The quantitative estimate of drug-likeness (QED) is 0.799. The Hall–Kier alpha value is -1.47. The topological polar surface area (TPSA) is 20.3 Å². The zero-order chi connectivity index (χ0) is 15.7. The molecule has 7 heteroatoms. The molecule has 0 spiro atoms. The third kappa shape index (κ3) is 3.15. The largest absolute Gasteiger partial charge is 0.416 e. The Morgan fingerprint density at radius 3 is 2.82 bits per heavy atom. The van der Waals surface area contributed by atoms with Crippen molar-refractivity contribution in [1.82, 2.24) is 4.90 Å². The zero-order valence-electron chi connectivity index (χ0n) is 11.4. The fourth-order valence-electron chi connectivity index (χ4n) is 2.30. The number of alkyl halides is 3. The first kappa shape index (κ1) is 15.4. The number of rotatable bonds is 2. The van der Waals surface area contributed by atoms with E-state index in [1.165, 1.54) is 17.4 Å². The molecule has 0 N–H and O–H groups in total. The van der Waals surface area contributed by atoms with Crippen LogP contribution in [-0.4, -0.2) is 23.1 Å². The number of hydrogen-bond acceptors (Lipinski definition) is 3. The molecule has 0 saturated carbocycles. The minimum atomic E-state index is -4.37. The number of halogens is 3. The van der Waals surface area contributed by atoms with Crippen LogP contribution < -0.4 is 0 Å². The molecule has 0 radical (unpaired) electrons. The number of benzene rings is 1. The predicted octanol–water partition coefficient (Wildman–Crippen LogP) is 4.52. The van der Waals surface area contributed by atoms with Crippen molar-refractivity contribution in [2.75, 3.05) is 12.3 Å². The lowest BCUT2D eigenvalue weighted by Crippen LogP contribution is -2.31. The lowest BCUT2D eigenvalue weighted by Gasteiger charge is -2.21. The van der Waals surface area contributed by atoms with Crippen molar-refractivity contribution in [3.63, 3.8) is 0 Å². The number of hydrogen-bond donors (Lipinski definition) is 0. The number of fused-ring (bicyclic) bond motifs is 1. The third-order valence-corrected chi connectivity index (χ3v) is 5.59. The second kappa shape index (κ2) is 5.96. The molecule has 1 aliphatic rings. The lowest BCUT2D eigenvalue weighted by atomic mass is 10.1. The molecule has 0 atom stereocenters. The standard InChI is InChI=1S/C15H12F3NOS2/c16-15(17,18)11-3-1-2-10(8-11)9-19-5-7-22-14-12(13(19)20)4-6-21-14/h1-4,6,8H,5,7,9H2. The number of nitrogens with zero attached hydrogens (tertiary/aromatic N) is 1. The van der Waals surface area contributed by atoms with E-state index in [0.29, 0.717) is 17.7 Å². The highest BCUT2D eigenvalue weighted by molar-refractivity contribution is 8.01. The maximum Gasteiger partial charge on any atom is 0.416 e. The van der Waals surface area contributed by atoms with Crippen LogP contribution in [0.25, 0.3) is 0 Å². The summed E-state index contributed by atoms with van der Waals surface area (Å²) in [6.45, 7) is 0.722. The summed E-state index contributed by atoms with van der Waals surface area (Å²) in [5.41, 5.74) is 0.462. The van der Waals surface area contributed by atoms with Crippen molar-refractivity contribution in [2.45, 2.75) is 16.9 Å². The van der Waals surface area contributed by atoms with Crippen LogP contribution in [0.2, 0.25) is 0 Å². The molecular formula is C15H12F3NOS2. The van der Waals surface area contributed by atoms with Gasteiger partial charge in [0.25, 0.3) is 5.91 Å². The van der Waals surface area contributed by atoms with Gasteiger partial charge in [-0.3, -0.25) is 4.79 Å². The Labute approximate surface area is 133 Å². The maximum absolute atomic E-state index is 12.8. The number of carbonyl (C=O) groups is 1. The van der Waals surface area contributed by atoms with Crippen LogP contribution in [0.15, 0.2) is 39.9 Å². The smallest absolute Gasteiger partial charge is 0.333 e. The van der Waals surface area contributed by atoms with Gasteiger partial charge in [0.05, 0.1) is 15.3 Å². The maximum atomic E-state index is 12.8. The van der Waals surface area contributed by atoms with E-state index in [4.69, 9.17) is 0 Å². The van der Waals surface area contributed by atoms with E-state index < -0.39 is 11.7 Å². The van der Waals surface area contributed by atoms with E-state index in [2.05, 4.69) is 0 Å². The highest BCUT2D eigenvalue weighted by Gasteiger charge is 2.31. The predicted molar refractivity (Wildman–Crippen MR) is 81.2 cm³/mol. The summed E-state index contributed by atoms with van der Waals surface area (Å²) in [4.78, 5) is 14.1. The first-order valence-electron chi connectivity index (χ1n) is 6.61. The highest BCUT2D eigenvalue weighted by Crippen LogP contribution is 2.33. The first-order chi connectivity index (χ1) is 10.4. The second-order valence-electron chi connectivity index (χ2n) is 4.90. The molecule has 2 nitrogen and oxygen atoms in total. The molecule has 2 heterocycles. The molecule has 22 heavy (non-hydrogen) atoms. The van der Waals surface area contributed by atoms with Gasteiger partial charge >= 0.3 is 6.18 Å². The van der Waals surface area contributed by atoms with Crippen molar-refractivity contribution in [1.29, 1.82) is 0 Å². The van der Waals surface area contributed by atoms with Gasteiger partial charge in [-0.05, 0) is 29.1 Å². The molecule has 3 rings (SSSR count). The summed E-state index contributed by atoms with van der Waals surface area (Å²) in [6, 6.07) is 6.93. The number of amides is 1. The van der Waals surface area contributed by atoms with Gasteiger partial charge in [0.15, 0.2) is 0 Å².